The van der Waals surface area contributed by atoms with Gasteiger partial charge in [-0.25, -0.2) is 14.7 Å². The highest BCUT2D eigenvalue weighted by atomic mass is 19.1. The van der Waals surface area contributed by atoms with Crippen LogP contribution in [0.1, 0.15) is 29.3 Å². The van der Waals surface area contributed by atoms with E-state index < -0.39 is 11.8 Å². The fraction of sp³-hybridized carbons (Fsp3) is 0.273. The third kappa shape index (κ3) is 3.53. The van der Waals surface area contributed by atoms with Gasteiger partial charge < -0.3 is 5.11 Å². The van der Waals surface area contributed by atoms with Gasteiger partial charge in [-0.3, -0.25) is 9.63 Å². The first-order chi connectivity index (χ1) is 8.06. The van der Waals surface area contributed by atoms with Crippen molar-refractivity contribution in [3.05, 3.63) is 35.1 Å². The van der Waals surface area contributed by atoms with Crippen molar-refractivity contribution in [1.82, 2.24) is 5.48 Å². The van der Waals surface area contributed by atoms with E-state index in [1.807, 2.05) is 0 Å². The molecule has 6 heteroatoms. The second-order valence-corrected chi connectivity index (χ2v) is 3.24. The van der Waals surface area contributed by atoms with Gasteiger partial charge in [-0.05, 0) is 12.1 Å². The summed E-state index contributed by atoms with van der Waals surface area (Å²) in [5.41, 5.74) is 1.79. The lowest BCUT2D eigenvalue weighted by atomic mass is 10.1. The molecule has 0 fully saturated rings. The van der Waals surface area contributed by atoms with Gasteiger partial charge in [0.05, 0.1) is 5.56 Å². The van der Waals surface area contributed by atoms with E-state index in [2.05, 4.69) is 5.48 Å². The maximum absolute atomic E-state index is 13.4. The lowest BCUT2D eigenvalue weighted by Crippen LogP contribution is -2.23. The molecular weight excluding hydrogens is 229 g/mol. The molecule has 0 aliphatic carbocycles. The van der Waals surface area contributed by atoms with Crippen LogP contribution in [0, 0.1) is 5.82 Å². The Morgan fingerprint density at radius 3 is 2.76 bits per heavy atom. The number of hydroxylamine groups is 1. The van der Waals surface area contributed by atoms with Crippen LogP contribution in [-0.2, 0) is 16.2 Å². The quantitative estimate of drug-likeness (QED) is 0.765. The largest absolute Gasteiger partial charge is 0.478 e. The van der Waals surface area contributed by atoms with Crippen LogP contribution < -0.4 is 5.48 Å². The van der Waals surface area contributed by atoms with E-state index in [9.17, 15) is 14.0 Å². The number of carbonyl (C=O) groups excluding carboxylic acids is 1. The van der Waals surface area contributed by atoms with Gasteiger partial charge in [0.15, 0.2) is 0 Å². The molecule has 5 nitrogen and oxygen atoms in total. The number of hydrogen-bond acceptors (Lipinski definition) is 3. The minimum absolute atomic E-state index is 0.101. The molecule has 1 rings (SSSR count). The average molecular weight is 241 g/mol. The predicted molar refractivity (Wildman–Crippen MR) is 56.6 cm³/mol. The van der Waals surface area contributed by atoms with Gasteiger partial charge in [-0.2, -0.15) is 0 Å². The van der Waals surface area contributed by atoms with Crippen LogP contribution in [0.2, 0.25) is 0 Å². The monoisotopic (exact) mass is 241 g/mol. The van der Waals surface area contributed by atoms with E-state index in [0.717, 1.165) is 6.07 Å². The van der Waals surface area contributed by atoms with Gasteiger partial charge in [0, 0.05) is 12.0 Å². The Kier molecular flexibility index (Phi) is 4.59. The van der Waals surface area contributed by atoms with Crippen molar-refractivity contribution in [3.8, 4) is 0 Å². The maximum atomic E-state index is 13.4. The van der Waals surface area contributed by atoms with E-state index in [4.69, 9.17) is 9.94 Å². The van der Waals surface area contributed by atoms with Gasteiger partial charge in [0.25, 0.3) is 0 Å². The van der Waals surface area contributed by atoms with E-state index >= 15 is 0 Å². The summed E-state index contributed by atoms with van der Waals surface area (Å²) in [5, 5.41) is 8.84. The topological polar surface area (TPSA) is 75.6 Å². The summed E-state index contributed by atoms with van der Waals surface area (Å²) in [6.07, 6.45) is 0.225. The molecule has 0 aliphatic rings. The van der Waals surface area contributed by atoms with Crippen LogP contribution in [0.25, 0.3) is 0 Å². The van der Waals surface area contributed by atoms with E-state index in [0.29, 0.717) is 0 Å². The molecule has 0 atom stereocenters. The van der Waals surface area contributed by atoms with Crippen molar-refractivity contribution in [3.63, 3.8) is 0 Å². The molecule has 0 radical (unpaired) electrons. The molecule has 0 aromatic heterocycles. The summed E-state index contributed by atoms with van der Waals surface area (Å²) in [6.45, 7) is 1.30. The molecule has 2 N–H and O–H groups in total. The second-order valence-electron chi connectivity index (χ2n) is 3.24. The van der Waals surface area contributed by atoms with Gasteiger partial charge in [-0.1, -0.05) is 13.0 Å². The maximum Gasteiger partial charge on any atom is 0.336 e. The number of nitrogens with one attached hydrogen (secondary N) is 1. The average Bonchev–Trinajstić information content (AvgIpc) is 2.30. The summed E-state index contributed by atoms with van der Waals surface area (Å²) in [6, 6.07) is 3.70. The van der Waals surface area contributed by atoms with Gasteiger partial charge in [0.2, 0.25) is 5.91 Å². The van der Waals surface area contributed by atoms with Crippen molar-refractivity contribution < 1.29 is 23.9 Å². The molecule has 0 spiro atoms. The lowest BCUT2D eigenvalue weighted by Gasteiger charge is -2.08. The predicted octanol–water partition coefficient (Wildman–Crippen LogP) is 1.48. The molecule has 1 aromatic rings. The zero-order valence-corrected chi connectivity index (χ0v) is 9.20. The Hall–Kier alpha value is -1.95. The van der Waals surface area contributed by atoms with Crippen LogP contribution >= 0.6 is 0 Å². The first-order valence-corrected chi connectivity index (χ1v) is 4.97. The summed E-state index contributed by atoms with van der Waals surface area (Å²) >= 11 is 0. The Morgan fingerprint density at radius 2 is 2.18 bits per heavy atom. The second kappa shape index (κ2) is 5.95. The van der Waals surface area contributed by atoms with Crippen LogP contribution in [0.4, 0.5) is 4.39 Å². The normalized spacial score (nSPS) is 10.0. The molecular formula is C11H12FNO4. The Balaban J connectivity index is 2.76. The molecule has 0 unspecified atom stereocenters. The molecule has 0 saturated heterocycles. The minimum atomic E-state index is -1.25. The summed E-state index contributed by atoms with van der Waals surface area (Å²) in [5.74, 6) is -2.29. The highest BCUT2D eigenvalue weighted by Crippen LogP contribution is 2.14. The molecule has 0 aliphatic heterocycles. The number of carboxylic acid groups (broad SMARTS) is 1. The van der Waals surface area contributed by atoms with Gasteiger partial charge >= 0.3 is 5.97 Å². The van der Waals surface area contributed by atoms with Crippen molar-refractivity contribution in [1.29, 1.82) is 0 Å². The number of halogens is 1. The molecule has 17 heavy (non-hydrogen) atoms. The molecule has 0 bridgehead atoms. The van der Waals surface area contributed by atoms with E-state index in [1.165, 1.54) is 12.1 Å². The highest BCUT2D eigenvalue weighted by Gasteiger charge is 2.14. The SMILES string of the molecule is CCC(=O)NOCc1c(F)cccc1C(=O)O. The van der Waals surface area contributed by atoms with Crippen molar-refractivity contribution in [2.75, 3.05) is 0 Å². The first kappa shape index (κ1) is 13.1. The first-order valence-electron chi connectivity index (χ1n) is 4.97. The number of amides is 1. The highest BCUT2D eigenvalue weighted by molar-refractivity contribution is 5.89. The third-order valence-electron chi connectivity index (χ3n) is 2.07. The van der Waals surface area contributed by atoms with Crippen LogP contribution in [0.3, 0.4) is 0 Å². The number of rotatable bonds is 5. The van der Waals surface area contributed by atoms with Crippen molar-refractivity contribution >= 4 is 11.9 Å². The Labute approximate surface area is 97.2 Å². The fourth-order valence-corrected chi connectivity index (χ4v) is 1.17. The van der Waals surface area contributed by atoms with E-state index in [-0.39, 0.29) is 30.1 Å². The lowest BCUT2D eigenvalue weighted by molar-refractivity contribution is -0.134. The summed E-state index contributed by atoms with van der Waals surface area (Å²) in [7, 11) is 0. The number of carbonyl (C=O) groups is 2. The minimum Gasteiger partial charge on any atom is -0.478 e. The zero-order chi connectivity index (χ0) is 12.8. The molecule has 0 saturated carbocycles. The summed E-state index contributed by atoms with van der Waals surface area (Å²) < 4.78 is 13.4. The molecule has 0 heterocycles. The summed E-state index contributed by atoms with van der Waals surface area (Å²) in [4.78, 5) is 26.4. The molecule has 92 valence electrons. The van der Waals surface area contributed by atoms with Crippen molar-refractivity contribution in [2.24, 2.45) is 0 Å². The van der Waals surface area contributed by atoms with Gasteiger partial charge in [-0.15, -0.1) is 0 Å². The van der Waals surface area contributed by atoms with E-state index in [1.54, 1.807) is 6.92 Å². The molecule has 1 amide bonds. The Morgan fingerprint density at radius 1 is 1.47 bits per heavy atom. The smallest absolute Gasteiger partial charge is 0.336 e. The zero-order valence-electron chi connectivity index (χ0n) is 9.20. The van der Waals surface area contributed by atoms with Crippen molar-refractivity contribution in [2.45, 2.75) is 20.0 Å². The fourth-order valence-electron chi connectivity index (χ4n) is 1.17. The number of carboxylic acids is 1. The number of aromatic carboxylic acids is 1. The Bertz CT molecular complexity index is 433. The van der Waals surface area contributed by atoms with Crippen LogP contribution in [0.15, 0.2) is 18.2 Å². The molecule has 1 aromatic carbocycles. The third-order valence-corrected chi connectivity index (χ3v) is 2.07. The number of hydrogen-bond donors (Lipinski definition) is 2. The number of benzene rings is 1. The van der Waals surface area contributed by atoms with Crippen LogP contribution in [-0.4, -0.2) is 17.0 Å². The van der Waals surface area contributed by atoms with Crippen LogP contribution in [0.5, 0.6) is 0 Å². The standard InChI is InChI=1S/C11H12FNO4/c1-2-10(14)13-17-6-8-7(11(15)16)4-3-5-9(8)12/h3-5H,2,6H2,1H3,(H,13,14)(H,15,16). The van der Waals surface area contributed by atoms with Gasteiger partial charge in [0.1, 0.15) is 12.4 Å².